The van der Waals surface area contributed by atoms with Gasteiger partial charge in [-0.15, -0.1) is 15.3 Å². The summed E-state index contributed by atoms with van der Waals surface area (Å²) in [5.74, 6) is 1.14. The highest BCUT2D eigenvalue weighted by atomic mass is 16.3. The first-order chi connectivity index (χ1) is 15.1. The topological polar surface area (TPSA) is 129 Å². The molecular weight excluding hydrogens is 394 g/mol. The highest BCUT2D eigenvalue weighted by molar-refractivity contribution is 5.66. The van der Waals surface area contributed by atoms with Crippen molar-refractivity contribution in [3.05, 3.63) is 36.5 Å². The van der Waals surface area contributed by atoms with Gasteiger partial charge in [0.2, 0.25) is 0 Å². The second-order valence-electron chi connectivity index (χ2n) is 8.19. The zero-order valence-corrected chi connectivity index (χ0v) is 17.2. The molecule has 0 radical (unpaired) electrons. The lowest BCUT2D eigenvalue weighted by molar-refractivity contribution is 0.219. The number of phenols is 1. The molecule has 3 aromatic rings. The molecule has 0 amide bonds. The van der Waals surface area contributed by atoms with Crippen molar-refractivity contribution in [1.29, 1.82) is 5.26 Å². The summed E-state index contributed by atoms with van der Waals surface area (Å²) in [6, 6.07) is 8.46. The molecule has 2 saturated heterocycles. The Morgan fingerprint density at radius 2 is 2.00 bits per heavy atom. The number of nitrogens with zero attached hydrogens (tertiary/aromatic N) is 8. The monoisotopic (exact) mass is 417 g/mol. The van der Waals surface area contributed by atoms with E-state index in [0.29, 0.717) is 35.2 Å². The molecule has 3 atom stereocenters. The number of benzene rings is 1. The van der Waals surface area contributed by atoms with Crippen molar-refractivity contribution in [2.45, 2.75) is 50.2 Å². The van der Waals surface area contributed by atoms with Gasteiger partial charge in [-0.25, -0.2) is 14.6 Å². The summed E-state index contributed by atoms with van der Waals surface area (Å²) in [5, 5.41) is 35.7. The van der Waals surface area contributed by atoms with E-state index >= 15 is 0 Å². The number of rotatable bonds is 4. The summed E-state index contributed by atoms with van der Waals surface area (Å²) in [7, 11) is 2.05. The Labute approximate surface area is 179 Å². The first-order valence-corrected chi connectivity index (χ1v) is 10.4. The smallest absolute Gasteiger partial charge is 0.252 e. The van der Waals surface area contributed by atoms with Crippen molar-refractivity contribution in [1.82, 2.24) is 35.3 Å². The highest BCUT2D eigenvalue weighted by Crippen LogP contribution is 2.31. The summed E-state index contributed by atoms with van der Waals surface area (Å²) >= 11 is 0. The number of phenolic OH excluding ortho intramolecular Hbond substituents is 1. The number of fused-ring (bicyclic) bond motifs is 2. The van der Waals surface area contributed by atoms with Crippen molar-refractivity contribution in [3.63, 3.8) is 0 Å². The minimum atomic E-state index is 0.000548. The third-order valence-corrected chi connectivity index (χ3v) is 6.23. The number of piperidine rings is 2. The van der Waals surface area contributed by atoms with Gasteiger partial charge in [0.05, 0.1) is 17.4 Å². The number of hydrogen-bond donors (Lipinski definition) is 2. The van der Waals surface area contributed by atoms with Gasteiger partial charge in [0.15, 0.2) is 11.6 Å². The Bertz CT molecular complexity index is 1110. The van der Waals surface area contributed by atoms with Crippen LogP contribution in [0.4, 0.5) is 5.82 Å². The highest BCUT2D eigenvalue weighted by Gasteiger charge is 2.33. The molecule has 0 aliphatic carbocycles. The third-order valence-electron chi connectivity index (χ3n) is 6.23. The van der Waals surface area contributed by atoms with Gasteiger partial charge in [0, 0.05) is 31.2 Å². The van der Waals surface area contributed by atoms with Crippen LogP contribution in [-0.4, -0.2) is 60.2 Å². The van der Waals surface area contributed by atoms with Gasteiger partial charge in [-0.1, -0.05) is 6.42 Å². The maximum Gasteiger partial charge on any atom is 0.252 e. The summed E-state index contributed by atoms with van der Waals surface area (Å²) in [6.45, 7) is 0. The van der Waals surface area contributed by atoms with Crippen molar-refractivity contribution in [2.24, 2.45) is 0 Å². The van der Waals surface area contributed by atoms with Gasteiger partial charge in [0.25, 0.3) is 5.82 Å². The first kappa shape index (κ1) is 19.4. The lowest BCUT2D eigenvalue weighted by Crippen LogP contribution is -2.54. The zero-order valence-electron chi connectivity index (χ0n) is 17.2. The van der Waals surface area contributed by atoms with Crippen LogP contribution in [0.5, 0.6) is 5.75 Å². The van der Waals surface area contributed by atoms with Crippen LogP contribution in [0.15, 0.2) is 30.7 Å². The summed E-state index contributed by atoms with van der Waals surface area (Å²) in [4.78, 5) is 10.5. The SMILES string of the molecule is CN(c1cnc(-c2ccc(-n3cnc(C#N)n3)cc2O)nn1)C1C[C@H]2CCC[C@@H](C1)N2. The molecule has 2 bridgehead atoms. The Morgan fingerprint density at radius 3 is 2.65 bits per heavy atom. The van der Waals surface area contributed by atoms with Crippen molar-refractivity contribution in [2.75, 3.05) is 11.9 Å². The van der Waals surface area contributed by atoms with Crippen LogP contribution < -0.4 is 10.2 Å². The fourth-order valence-corrected chi connectivity index (χ4v) is 4.58. The fraction of sp³-hybridized carbons (Fsp3) is 0.429. The molecule has 2 aliphatic heterocycles. The normalized spacial score (nSPS) is 22.6. The second-order valence-corrected chi connectivity index (χ2v) is 8.19. The van der Waals surface area contributed by atoms with Crippen LogP contribution in [-0.2, 0) is 0 Å². The predicted octanol–water partition coefficient (Wildman–Crippen LogP) is 1.81. The average Bonchev–Trinajstić information content (AvgIpc) is 3.28. The van der Waals surface area contributed by atoms with Crippen LogP contribution >= 0.6 is 0 Å². The molecule has 2 aliphatic rings. The number of nitriles is 1. The van der Waals surface area contributed by atoms with Crippen LogP contribution in [0.1, 0.15) is 37.9 Å². The number of nitrogens with one attached hydrogen (secondary N) is 1. The summed E-state index contributed by atoms with van der Waals surface area (Å²) in [5.41, 5.74) is 1.05. The van der Waals surface area contributed by atoms with Gasteiger partial charge >= 0.3 is 0 Å². The molecule has 10 nitrogen and oxygen atoms in total. The molecule has 158 valence electrons. The molecule has 1 unspecified atom stereocenters. The molecular formula is C21H23N9O. The van der Waals surface area contributed by atoms with Crippen molar-refractivity contribution < 1.29 is 5.11 Å². The van der Waals surface area contributed by atoms with Gasteiger partial charge in [-0.2, -0.15) is 5.26 Å². The van der Waals surface area contributed by atoms with Crippen LogP contribution in [0.2, 0.25) is 0 Å². The Morgan fingerprint density at radius 1 is 1.19 bits per heavy atom. The largest absolute Gasteiger partial charge is 0.507 e. The molecule has 2 aromatic heterocycles. The molecule has 0 spiro atoms. The second kappa shape index (κ2) is 7.92. The number of aromatic nitrogens is 6. The van der Waals surface area contributed by atoms with Gasteiger partial charge in [0.1, 0.15) is 18.1 Å². The number of anilines is 1. The predicted molar refractivity (Wildman–Crippen MR) is 113 cm³/mol. The standard InChI is InChI=1S/C21H23N9O/c1-29(16-7-13-3-2-4-14(8-16)25-13)20-11-23-21(27-26-20)17-6-5-15(9-18(17)31)30-12-24-19(10-22)28-30/h5-6,9,11-14,16,25,31H,2-4,7-8H2,1H3/t13-,14+,16?. The van der Waals surface area contributed by atoms with Gasteiger partial charge < -0.3 is 15.3 Å². The van der Waals surface area contributed by atoms with Crippen LogP contribution in [0.25, 0.3) is 17.1 Å². The van der Waals surface area contributed by atoms with E-state index in [1.165, 1.54) is 36.3 Å². The molecule has 0 saturated carbocycles. The molecule has 4 heterocycles. The minimum absolute atomic E-state index is 0.000548. The van der Waals surface area contributed by atoms with E-state index in [1.807, 2.05) is 6.07 Å². The quantitative estimate of drug-likeness (QED) is 0.653. The maximum absolute atomic E-state index is 10.5. The van der Waals surface area contributed by atoms with E-state index < -0.39 is 0 Å². The zero-order chi connectivity index (χ0) is 21.4. The minimum Gasteiger partial charge on any atom is -0.507 e. The molecule has 2 fully saturated rings. The average molecular weight is 417 g/mol. The maximum atomic E-state index is 10.5. The molecule has 1 aromatic carbocycles. The fourth-order valence-electron chi connectivity index (χ4n) is 4.58. The van der Waals surface area contributed by atoms with Gasteiger partial charge in [-0.3, -0.25) is 0 Å². The molecule has 2 N–H and O–H groups in total. The molecule has 10 heteroatoms. The Hall–Kier alpha value is -3.58. The van der Waals surface area contributed by atoms with E-state index in [-0.39, 0.29) is 11.6 Å². The summed E-state index contributed by atoms with van der Waals surface area (Å²) in [6.07, 6.45) is 9.14. The van der Waals surface area contributed by atoms with Gasteiger partial charge in [-0.05, 0) is 37.8 Å². The lowest BCUT2D eigenvalue weighted by Gasteiger charge is -2.43. The van der Waals surface area contributed by atoms with Crippen molar-refractivity contribution in [3.8, 4) is 28.9 Å². The van der Waals surface area contributed by atoms with E-state index in [4.69, 9.17) is 5.26 Å². The van der Waals surface area contributed by atoms with E-state index in [2.05, 4.69) is 42.5 Å². The third kappa shape index (κ3) is 3.80. The number of hydrogen-bond acceptors (Lipinski definition) is 9. The molecule has 31 heavy (non-hydrogen) atoms. The molecule has 5 rings (SSSR count). The first-order valence-electron chi connectivity index (χ1n) is 10.4. The Kier molecular flexibility index (Phi) is 4.95. The van der Waals surface area contributed by atoms with Crippen LogP contribution in [0, 0.1) is 11.3 Å². The van der Waals surface area contributed by atoms with E-state index in [9.17, 15) is 5.11 Å². The Balaban J connectivity index is 1.33. The number of aromatic hydroxyl groups is 1. The van der Waals surface area contributed by atoms with E-state index in [0.717, 1.165) is 18.7 Å². The summed E-state index contributed by atoms with van der Waals surface area (Å²) < 4.78 is 1.42. The van der Waals surface area contributed by atoms with Crippen molar-refractivity contribution >= 4 is 5.82 Å². The van der Waals surface area contributed by atoms with E-state index in [1.54, 1.807) is 18.3 Å². The lowest BCUT2D eigenvalue weighted by atomic mass is 9.83. The van der Waals surface area contributed by atoms with Crippen LogP contribution in [0.3, 0.4) is 0 Å².